The average molecular weight is 205 g/mol. The van der Waals surface area contributed by atoms with Crippen molar-refractivity contribution in [2.24, 2.45) is 0 Å². The fraction of sp³-hybridized carbons (Fsp3) is 1.00. The third kappa shape index (κ3) is 1.77. The number of halogens is 2. The van der Waals surface area contributed by atoms with Gasteiger partial charge < -0.3 is 5.11 Å². The lowest BCUT2D eigenvalue weighted by Crippen LogP contribution is -2.47. The molecule has 1 saturated heterocycles. The first-order valence-electron chi connectivity index (χ1n) is 5.25. The van der Waals surface area contributed by atoms with E-state index in [9.17, 15) is 13.9 Å². The minimum absolute atomic E-state index is 0.0560. The summed E-state index contributed by atoms with van der Waals surface area (Å²) in [5.74, 6) is -2.54. The molecule has 1 heterocycles. The van der Waals surface area contributed by atoms with Crippen molar-refractivity contribution in [3.05, 3.63) is 0 Å². The van der Waals surface area contributed by atoms with E-state index in [-0.39, 0.29) is 19.0 Å². The maximum absolute atomic E-state index is 13.0. The molecule has 0 aromatic rings. The van der Waals surface area contributed by atoms with Crippen LogP contribution in [0.25, 0.3) is 0 Å². The van der Waals surface area contributed by atoms with Gasteiger partial charge in [0.2, 0.25) is 0 Å². The molecule has 1 N–H and O–H groups in total. The lowest BCUT2D eigenvalue weighted by atomic mass is 9.99. The van der Waals surface area contributed by atoms with Crippen molar-refractivity contribution < 1.29 is 13.9 Å². The van der Waals surface area contributed by atoms with Gasteiger partial charge in [0.1, 0.15) is 0 Å². The molecule has 4 heteroatoms. The van der Waals surface area contributed by atoms with Gasteiger partial charge in [-0.25, -0.2) is 8.78 Å². The number of rotatable bonds is 1. The van der Waals surface area contributed by atoms with Gasteiger partial charge in [-0.2, -0.15) is 0 Å². The molecular formula is C10H17F2NO. The topological polar surface area (TPSA) is 23.5 Å². The molecule has 2 unspecified atom stereocenters. The second-order valence-corrected chi connectivity index (χ2v) is 4.84. The Kier molecular flexibility index (Phi) is 2.31. The largest absolute Gasteiger partial charge is 0.389 e. The number of hydrogen-bond donors (Lipinski definition) is 1. The lowest BCUT2D eigenvalue weighted by Gasteiger charge is -2.33. The van der Waals surface area contributed by atoms with E-state index < -0.39 is 11.5 Å². The molecule has 1 aliphatic heterocycles. The van der Waals surface area contributed by atoms with Crippen molar-refractivity contribution in [3.63, 3.8) is 0 Å². The van der Waals surface area contributed by atoms with Crippen LogP contribution in [0.2, 0.25) is 0 Å². The molecule has 82 valence electrons. The molecule has 0 bridgehead atoms. The first-order chi connectivity index (χ1) is 6.41. The number of hydrogen-bond acceptors (Lipinski definition) is 2. The summed E-state index contributed by atoms with van der Waals surface area (Å²) >= 11 is 0. The molecule has 14 heavy (non-hydrogen) atoms. The van der Waals surface area contributed by atoms with Crippen LogP contribution >= 0.6 is 0 Å². The van der Waals surface area contributed by atoms with E-state index in [0.717, 1.165) is 19.3 Å². The van der Waals surface area contributed by atoms with Gasteiger partial charge in [0.25, 0.3) is 5.92 Å². The molecular weight excluding hydrogens is 188 g/mol. The van der Waals surface area contributed by atoms with E-state index in [2.05, 4.69) is 0 Å². The Morgan fingerprint density at radius 2 is 2.07 bits per heavy atom. The second-order valence-electron chi connectivity index (χ2n) is 4.84. The van der Waals surface area contributed by atoms with Crippen LogP contribution in [0.3, 0.4) is 0 Å². The summed E-state index contributed by atoms with van der Waals surface area (Å²) in [4.78, 5) is 1.76. The maximum Gasteiger partial charge on any atom is 0.261 e. The fourth-order valence-corrected chi connectivity index (χ4v) is 2.74. The van der Waals surface area contributed by atoms with Crippen LogP contribution in [0, 0.1) is 0 Å². The zero-order chi connectivity index (χ0) is 10.4. The molecule has 0 aromatic carbocycles. The van der Waals surface area contributed by atoms with E-state index in [0.29, 0.717) is 6.54 Å². The van der Waals surface area contributed by atoms with Crippen LogP contribution < -0.4 is 0 Å². The zero-order valence-corrected chi connectivity index (χ0v) is 8.47. The van der Waals surface area contributed by atoms with Gasteiger partial charge in [-0.1, -0.05) is 0 Å². The van der Waals surface area contributed by atoms with E-state index in [4.69, 9.17) is 0 Å². The first-order valence-corrected chi connectivity index (χ1v) is 5.25. The molecule has 2 nitrogen and oxygen atoms in total. The van der Waals surface area contributed by atoms with Gasteiger partial charge >= 0.3 is 0 Å². The van der Waals surface area contributed by atoms with Gasteiger partial charge in [0.15, 0.2) is 0 Å². The lowest BCUT2D eigenvalue weighted by molar-refractivity contribution is -0.0298. The molecule has 2 atom stereocenters. The Morgan fingerprint density at radius 1 is 1.36 bits per heavy atom. The highest BCUT2D eigenvalue weighted by molar-refractivity contribution is 4.98. The molecule has 0 spiro atoms. The van der Waals surface area contributed by atoms with Crippen LogP contribution in [0.5, 0.6) is 0 Å². The predicted octanol–water partition coefficient (Wildman–Crippen LogP) is 1.63. The second kappa shape index (κ2) is 3.14. The van der Waals surface area contributed by atoms with Gasteiger partial charge in [-0.3, -0.25) is 4.90 Å². The Morgan fingerprint density at radius 3 is 2.50 bits per heavy atom. The van der Waals surface area contributed by atoms with Gasteiger partial charge in [-0.05, 0) is 26.2 Å². The van der Waals surface area contributed by atoms with Gasteiger partial charge in [0, 0.05) is 19.0 Å². The fourth-order valence-electron chi connectivity index (χ4n) is 2.74. The summed E-state index contributed by atoms with van der Waals surface area (Å²) in [6, 6.07) is -0.0594. The minimum Gasteiger partial charge on any atom is -0.389 e. The van der Waals surface area contributed by atoms with Crippen molar-refractivity contribution in [1.82, 2.24) is 4.90 Å². The summed E-state index contributed by atoms with van der Waals surface area (Å²) in [7, 11) is 0. The quantitative estimate of drug-likeness (QED) is 0.703. The number of aliphatic hydroxyl groups is 1. The van der Waals surface area contributed by atoms with E-state index >= 15 is 0 Å². The average Bonchev–Trinajstić information content (AvgIpc) is 2.53. The molecule has 0 amide bonds. The Hall–Kier alpha value is -0.220. The third-order valence-electron chi connectivity index (χ3n) is 3.52. The van der Waals surface area contributed by atoms with Crippen molar-refractivity contribution in [3.8, 4) is 0 Å². The number of nitrogens with zero attached hydrogens (tertiary/aromatic N) is 1. The van der Waals surface area contributed by atoms with Gasteiger partial charge in [0.05, 0.1) is 12.1 Å². The smallest absolute Gasteiger partial charge is 0.261 e. The number of alkyl halides is 2. The summed E-state index contributed by atoms with van der Waals surface area (Å²) in [6.07, 6.45) is 2.47. The molecule has 2 aliphatic rings. The van der Waals surface area contributed by atoms with E-state index in [1.54, 1.807) is 11.8 Å². The van der Waals surface area contributed by atoms with Crippen molar-refractivity contribution in [2.75, 3.05) is 13.1 Å². The molecule has 2 fully saturated rings. The number of likely N-dealkylation sites (tertiary alicyclic amines) is 1. The first kappa shape index (κ1) is 10.3. The van der Waals surface area contributed by atoms with Crippen LogP contribution in [0.4, 0.5) is 8.78 Å². The Labute approximate surface area is 82.9 Å². The summed E-state index contributed by atoms with van der Waals surface area (Å²) in [5.41, 5.74) is -0.763. The van der Waals surface area contributed by atoms with Crippen molar-refractivity contribution >= 4 is 0 Å². The predicted molar refractivity (Wildman–Crippen MR) is 49.4 cm³/mol. The van der Waals surface area contributed by atoms with Crippen LogP contribution in [-0.2, 0) is 0 Å². The summed E-state index contributed by atoms with van der Waals surface area (Å²) < 4.78 is 26.0. The molecule has 2 rings (SSSR count). The normalized spacial score (nSPS) is 43.3. The SMILES string of the molecule is CC1(O)CCCC1N1CCC(F)(F)C1. The van der Waals surface area contributed by atoms with Crippen molar-refractivity contribution in [2.45, 2.75) is 50.2 Å². The Balaban J connectivity index is 2.03. The highest BCUT2D eigenvalue weighted by Gasteiger charge is 2.47. The molecule has 1 saturated carbocycles. The summed E-state index contributed by atoms with van der Waals surface area (Å²) in [5, 5.41) is 10.00. The van der Waals surface area contributed by atoms with Gasteiger partial charge in [-0.15, -0.1) is 0 Å². The highest BCUT2D eigenvalue weighted by atomic mass is 19.3. The van der Waals surface area contributed by atoms with E-state index in [1.807, 2.05) is 0 Å². The third-order valence-corrected chi connectivity index (χ3v) is 3.52. The molecule has 0 radical (unpaired) electrons. The monoisotopic (exact) mass is 205 g/mol. The molecule has 1 aliphatic carbocycles. The highest BCUT2D eigenvalue weighted by Crippen LogP contribution is 2.38. The molecule has 0 aromatic heterocycles. The van der Waals surface area contributed by atoms with Crippen LogP contribution in [-0.4, -0.2) is 40.7 Å². The van der Waals surface area contributed by atoms with E-state index in [1.165, 1.54) is 0 Å². The Bertz CT molecular complexity index is 230. The maximum atomic E-state index is 13.0. The minimum atomic E-state index is -2.54. The zero-order valence-electron chi connectivity index (χ0n) is 8.47. The summed E-state index contributed by atoms with van der Waals surface area (Å²) in [6.45, 7) is 2.02. The standard InChI is InChI=1S/C10H17F2NO/c1-9(14)4-2-3-8(9)13-6-5-10(11,12)7-13/h8,14H,2-7H2,1H3. The van der Waals surface area contributed by atoms with Crippen LogP contribution in [0.1, 0.15) is 32.6 Å². The van der Waals surface area contributed by atoms with Crippen LogP contribution in [0.15, 0.2) is 0 Å². The van der Waals surface area contributed by atoms with Crippen molar-refractivity contribution in [1.29, 1.82) is 0 Å².